The van der Waals surface area contributed by atoms with Gasteiger partial charge in [0.15, 0.2) is 0 Å². The van der Waals surface area contributed by atoms with E-state index < -0.39 is 0 Å². The summed E-state index contributed by atoms with van der Waals surface area (Å²) in [4.78, 5) is 17.0. The molecule has 3 nitrogen and oxygen atoms in total. The maximum absolute atomic E-state index is 12.3. The number of thiazole rings is 1. The fraction of sp³-hybridized carbons (Fsp3) is 0.444. The Kier molecular flexibility index (Phi) is 3.49. The number of hydrogen-bond acceptors (Lipinski definition) is 3. The van der Waals surface area contributed by atoms with Gasteiger partial charge >= 0.3 is 0 Å². The lowest BCUT2D eigenvalue weighted by Crippen LogP contribution is -2.29. The summed E-state index contributed by atoms with van der Waals surface area (Å²) >= 11 is 1.62. The Hall–Kier alpha value is -1.68. The Labute approximate surface area is 134 Å². The second-order valence-electron chi connectivity index (χ2n) is 6.45. The van der Waals surface area contributed by atoms with Crippen molar-refractivity contribution in [2.24, 2.45) is 17.8 Å². The molecule has 3 atom stereocenters. The Morgan fingerprint density at radius 1 is 1.27 bits per heavy atom. The number of carbonyl (C=O) groups excluding carboxylic acids is 1. The maximum Gasteiger partial charge on any atom is 0.224 e. The van der Waals surface area contributed by atoms with Crippen molar-refractivity contribution in [1.82, 2.24) is 10.3 Å². The molecule has 2 fully saturated rings. The third-order valence-electron chi connectivity index (χ3n) is 5.03. The van der Waals surface area contributed by atoms with Gasteiger partial charge in [0, 0.05) is 16.9 Å². The first kappa shape index (κ1) is 13.9. The summed E-state index contributed by atoms with van der Waals surface area (Å²) in [5, 5.41) is 6.21. The molecule has 0 bridgehead atoms. The predicted molar refractivity (Wildman–Crippen MR) is 88.4 cm³/mol. The smallest absolute Gasteiger partial charge is 0.224 e. The first-order valence-electron chi connectivity index (χ1n) is 8.05. The molecular weight excluding hydrogens is 292 g/mol. The van der Waals surface area contributed by atoms with Crippen LogP contribution in [0.2, 0.25) is 0 Å². The first-order valence-corrected chi connectivity index (χ1v) is 8.93. The van der Waals surface area contributed by atoms with Crippen molar-refractivity contribution >= 4 is 17.2 Å². The van der Waals surface area contributed by atoms with Gasteiger partial charge in [0.25, 0.3) is 0 Å². The van der Waals surface area contributed by atoms with Gasteiger partial charge in [-0.15, -0.1) is 11.3 Å². The summed E-state index contributed by atoms with van der Waals surface area (Å²) in [6, 6.07) is 10.2. The molecule has 1 N–H and O–H groups in total. The van der Waals surface area contributed by atoms with E-state index in [9.17, 15) is 4.79 Å². The molecule has 4 rings (SSSR count). The normalized spacial score (nSPS) is 27.2. The zero-order valence-electron chi connectivity index (χ0n) is 12.7. The van der Waals surface area contributed by atoms with Gasteiger partial charge in [-0.25, -0.2) is 4.98 Å². The van der Waals surface area contributed by atoms with Crippen LogP contribution in [-0.2, 0) is 4.79 Å². The largest absolute Gasteiger partial charge is 0.347 e. The molecule has 1 amide bonds. The van der Waals surface area contributed by atoms with E-state index in [1.54, 1.807) is 11.3 Å². The number of benzene rings is 1. The van der Waals surface area contributed by atoms with Crippen LogP contribution in [0.25, 0.3) is 11.3 Å². The van der Waals surface area contributed by atoms with Crippen molar-refractivity contribution in [3.8, 4) is 11.3 Å². The number of aromatic nitrogens is 1. The first-order chi connectivity index (χ1) is 10.7. The monoisotopic (exact) mass is 312 g/mol. The van der Waals surface area contributed by atoms with Gasteiger partial charge in [-0.2, -0.15) is 0 Å². The number of fused-ring (bicyclic) bond motifs is 1. The summed E-state index contributed by atoms with van der Waals surface area (Å²) in [6.45, 7) is 2.03. The summed E-state index contributed by atoms with van der Waals surface area (Å²) < 4.78 is 0. The Morgan fingerprint density at radius 2 is 2.00 bits per heavy atom. The van der Waals surface area contributed by atoms with E-state index in [1.807, 2.05) is 25.1 Å². The molecule has 22 heavy (non-hydrogen) atoms. The Bertz CT molecular complexity index is 671. The molecule has 1 aromatic carbocycles. The van der Waals surface area contributed by atoms with Crippen LogP contribution in [0.3, 0.4) is 0 Å². The van der Waals surface area contributed by atoms with Crippen LogP contribution in [0, 0.1) is 17.8 Å². The van der Waals surface area contributed by atoms with Crippen LogP contribution in [-0.4, -0.2) is 10.9 Å². The van der Waals surface area contributed by atoms with Gasteiger partial charge in [-0.1, -0.05) is 36.8 Å². The minimum atomic E-state index is -0.00344. The van der Waals surface area contributed by atoms with E-state index in [2.05, 4.69) is 27.8 Å². The lowest BCUT2D eigenvalue weighted by Gasteiger charge is -2.12. The van der Waals surface area contributed by atoms with Crippen LogP contribution in [0.15, 0.2) is 35.7 Å². The van der Waals surface area contributed by atoms with E-state index in [0.29, 0.717) is 11.8 Å². The predicted octanol–water partition coefficient (Wildman–Crippen LogP) is 4.03. The molecule has 2 aromatic rings. The number of rotatable bonds is 4. The van der Waals surface area contributed by atoms with Crippen molar-refractivity contribution in [3.63, 3.8) is 0 Å². The van der Waals surface area contributed by atoms with Crippen LogP contribution < -0.4 is 5.32 Å². The zero-order valence-corrected chi connectivity index (χ0v) is 13.5. The average Bonchev–Trinajstić information content (AvgIpc) is 2.95. The molecule has 0 aliphatic heterocycles. The molecule has 0 unspecified atom stereocenters. The summed E-state index contributed by atoms with van der Waals surface area (Å²) in [5.41, 5.74) is 2.12. The second kappa shape index (κ2) is 5.51. The quantitative estimate of drug-likeness (QED) is 0.926. The van der Waals surface area contributed by atoms with Gasteiger partial charge in [0.05, 0.1) is 11.7 Å². The number of amides is 1. The molecule has 0 saturated heterocycles. The van der Waals surface area contributed by atoms with Crippen molar-refractivity contribution in [1.29, 1.82) is 0 Å². The minimum absolute atomic E-state index is 0.00344. The summed E-state index contributed by atoms with van der Waals surface area (Å²) in [5.74, 6) is 1.86. The standard InChI is InChI=1S/C18H20N2OS/c1-11(19-17(21)16-13-8-5-9-14(13)16)18-20-15(10-22-18)12-6-3-2-4-7-12/h2-4,6-7,10-11,13-14,16H,5,8-9H2,1H3,(H,19,21)/t11-,13-,14-/m0/s1. The van der Waals surface area contributed by atoms with Crippen molar-refractivity contribution in [2.45, 2.75) is 32.2 Å². The Morgan fingerprint density at radius 3 is 2.73 bits per heavy atom. The highest BCUT2D eigenvalue weighted by Crippen LogP contribution is 2.57. The fourth-order valence-corrected chi connectivity index (χ4v) is 4.65. The number of nitrogens with zero attached hydrogens (tertiary/aromatic N) is 1. The lowest BCUT2D eigenvalue weighted by atomic mass is 10.1. The fourth-order valence-electron chi connectivity index (χ4n) is 3.81. The van der Waals surface area contributed by atoms with Crippen molar-refractivity contribution in [3.05, 3.63) is 40.7 Å². The molecule has 1 aromatic heterocycles. The molecule has 2 saturated carbocycles. The topological polar surface area (TPSA) is 42.0 Å². The molecule has 2 aliphatic rings. The highest BCUT2D eigenvalue weighted by molar-refractivity contribution is 7.10. The van der Waals surface area contributed by atoms with Gasteiger partial charge in [0.2, 0.25) is 5.91 Å². The van der Waals surface area contributed by atoms with E-state index in [1.165, 1.54) is 19.3 Å². The van der Waals surface area contributed by atoms with E-state index in [-0.39, 0.29) is 17.9 Å². The van der Waals surface area contributed by atoms with E-state index >= 15 is 0 Å². The summed E-state index contributed by atoms with van der Waals surface area (Å²) in [7, 11) is 0. The third-order valence-corrected chi connectivity index (χ3v) is 6.06. The summed E-state index contributed by atoms with van der Waals surface area (Å²) in [6.07, 6.45) is 3.79. The van der Waals surface area contributed by atoms with Crippen molar-refractivity contribution in [2.75, 3.05) is 0 Å². The highest BCUT2D eigenvalue weighted by atomic mass is 32.1. The molecule has 0 spiro atoms. The van der Waals surface area contributed by atoms with E-state index in [0.717, 1.165) is 16.3 Å². The van der Waals surface area contributed by atoms with Gasteiger partial charge in [0.1, 0.15) is 5.01 Å². The van der Waals surface area contributed by atoms with Gasteiger partial charge in [-0.3, -0.25) is 4.79 Å². The third kappa shape index (κ3) is 2.45. The van der Waals surface area contributed by atoms with Crippen LogP contribution >= 0.6 is 11.3 Å². The lowest BCUT2D eigenvalue weighted by molar-refractivity contribution is -0.123. The number of nitrogens with one attached hydrogen (secondary N) is 1. The number of hydrogen-bond donors (Lipinski definition) is 1. The number of carbonyl (C=O) groups is 1. The Balaban J connectivity index is 1.42. The van der Waals surface area contributed by atoms with Gasteiger partial charge in [-0.05, 0) is 31.6 Å². The molecular formula is C18H20N2OS. The van der Waals surface area contributed by atoms with Crippen molar-refractivity contribution < 1.29 is 4.79 Å². The minimum Gasteiger partial charge on any atom is -0.347 e. The van der Waals surface area contributed by atoms with Crippen LogP contribution in [0.1, 0.15) is 37.2 Å². The SMILES string of the molecule is C[C@H](NC(=O)C1[C@H]2CCC[C@H]12)c1nc(-c2ccccc2)cs1. The van der Waals surface area contributed by atoms with Crippen LogP contribution in [0.5, 0.6) is 0 Å². The molecule has 0 radical (unpaired) electrons. The maximum atomic E-state index is 12.3. The molecule has 2 aliphatic carbocycles. The highest BCUT2D eigenvalue weighted by Gasteiger charge is 2.56. The van der Waals surface area contributed by atoms with Gasteiger partial charge < -0.3 is 5.32 Å². The van der Waals surface area contributed by atoms with E-state index in [4.69, 9.17) is 0 Å². The second-order valence-corrected chi connectivity index (χ2v) is 7.34. The average molecular weight is 312 g/mol. The zero-order chi connectivity index (χ0) is 15.1. The molecule has 114 valence electrons. The molecule has 1 heterocycles. The van der Waals surface area contributed by atoms with Crippen LogP contribution in [0.4, 0.5) is 0 Å². The molecule has 4 heteroatoms.